The molecule has 1 fully saturated rings. The van der Waals surface area contributed by atoms with Crippen molar-refractivity contribution in [3.63, 3.8) is 0 Å². The maximum Gasteiger partial charge on any atom is 0.0934 e. The number of methoxy groups -OCH3 is 1. The van der Waals surface area contributed by atoms with E-state index < -0.39 is 0 Å². The first-order valence-electron chi connectivity index (χ1n) is 5.60. The monoisotopic (exact) mass is 236 g/mol. The number of nitrogens with zero attached hydrogens (tertiary/aromatic N) is 6. The zero-order chi connectivity index (χ0) is 12.1. The van der Waals surface area contributed by atoms with Crippen LogP contribution in [0.2, 0.25) is 0 Å². The average molecular weight is 236 g/mol. The van der Waals surface area contributed by atoms with E-state index in [4.69, 9.17) is 10.3 Å². The molecule has 1 saturated heterocycles. The van der Waals surface area contributed by atoms with Gasteiger partial charge >= 0.3 is 0 Å². The van der Waals surface area contributed by atoms with E-state index in [0.29, 0.717) is 6.54 Å². The van der Waals surface area contributed by atoms with E-state index in [2.05, 4.69) is 20.0 Å². The summed E-state index contributed by atoms with van der Waals surface area (Å²) in [7, 11) is 1.72. The summed E-state index contributed by atoms with van der Waals surface area (Å²) >= 11 is 0. The Kier molecular flexibility index (Phi) is 3.98. The van der Waals surface area contributed by atoms with E-state index in [1.807, 2.05) is 16.9 Å². The molecular weight excluding hydrogens is 220 g/mol. The van der Waals surface area contributed by atoms with Crippen molar-refractivity contribution in [3.8, 4) is 0 Å². The minimum Gasteiger partial charge on any atom is -0.378 e. The van der Waals surface area contributed by atoms with Gasteiger partial charge in [0.05, 0.1) is 12.1 Å². The fraction of sp³-hybridized carbons (Fsp3) is 0.700. The van der Waals surface area contributed by atoms with Gasteiger partial charge in [0.25, 0.3) is 0 Å². The summed E-state index contributed by atoms with van der Waals surface area (Å²) in [6.45, 7) is 2.99. The first-order valence-corrected chi connectivity index (χ1v) is 5.60. The third-order valence-electron chi connectivity index (χ3n) is 3.06. The van der Waals surface area contributed by atoms with E-state index in [1.54, 1.807) is 13.3 Å². The van der Waals surface area contributed by atoms with Crippen LogP contribution in [0.3, 0.4) is 0 Å². The molecular formula is C10H16N6O. The second-order valence-electron chi connectivity index (χ2n) is 4.04. The molecule has 0 aromatic carbocycles. The normalized spacial score (nSPS) is 24.8. The summed E-state index contributed by atoms with van der Waals surface area (Å²) < 4.78 is 7.41. The molecule has 1 aliphatic rings. The minimum atomic E-state index is 0.140. The standard InChI is InChI=1S/C10H16N6O/c1-17-10-8-15(6-4-12-14-11)7-9(10)16-5-2-3-13-16/h2-3,5,9-10H,4,6-8H2,1H3/t9-,10-/m0/s1. The lowest BCUT2D eigenvalue weighted by Crippen LogP contribution is -2.25. The van der Waals surface area contributed by atoms with Crippen LogP contribution in [0, 0.1) is 0 Å². The van der Waals surface area contributed by atoms with Crippen molar-refractivity contribution in [1.82, 2.24) is 14.7 Å². The zero-order valence-electron chi connectivity index (χ0n) is 9.81. The Hall–Kier alpha value is -1.56. The van der Waals surface area contributed by atoms with Gasteiger partial charge in [-0.1, -0.05) is 5.11 Å². The number of aromatic nitrogens is 2. The van der Waals surface area contributed by atoms with E-state index in [-0.39, 0.29) is 12.1 Å². The number of likely N-dealkylation sites (tertiary alicyclic amines) is 1. The van der Waals surface area contributed by atoms with Crippen molar-refractivity contribution >= 4 is 0 Å². The van der Waals surface area contributed by atoms with Crippen molar-refractivity contribution < 1.29 is 4.74 Å². The van der Waals surface area contributed by atoms with Gasteiger partial charge in [-0.2, -0.15) is 5.10 Å². The van der Waals surface area contributed by atoms with Gasteiger partial charge in [-0.05, 0) is 11.6 Å². The first-order chi connectivity index (χ1) is 8.35. The highest BCUT2D eigenvalue weighted by Crippen LogP contribution is 2.23. The predicted molar refractivity (Wildman–Crippen MR) is 62.5 cm³/mol. The Morgan fingerprint density at radius 1 is 1.59 bits per heavy atom. The van der Waals surface area contributed by atoms with Crippen LogP contribution in [0.15, 0.2) is 23.6 Å². The summed E-state index contributed by atoms with van der Waals surface area (Å²) in [6.07, 6.45) is 3.86. The van der Waals surface area contributed by atoms with Crippen LogP contribution in [0.5, 0.6) is 0 Å². The van der Waals surface area contributed by atoms with Crippen LogP contribution >= 0.6 is 0 Å². The predicted octanol–water partition coefficient (Wildman–Crippen LogP) is 1.07. The second kappa shape index (κ2) is 5.67. The summed E-state index contributed by atoms with van der Waals surface area (Å²) in [6, 6.07) is 2.15. The molecule has 0 bridgehead atoms. The minimum absolute atomic E-state index is 0.140. The van der Waals surface area contributed by atoms with Gasteiger partial charge in [0.15, 0.2) is 0 Å². The molecule has 7 nitrogen and oxygen atoms in total. The molecule has 0 spiro atoms. The molecule has 7 heteroatoms. The van der Waals surface area contributed by atoms with Crippen LogP contribution in [0.1, 0.15) is 6.04 Å². The topological polar surface area (TPSA) is 79.0 Å². The lowest BCUT2D eigenvalue weighted by molar-refractivity contribution is 0.0783. The largest absolute Gasteiger partial charge is 0.378 e. The van der Waals surface area contributed by atoms with Crippen LogP contribution in [-0.4, -0.2) is 54.1 Å². The molecule has 0 amide bonds. The van der Waals surface area contributed by atoms with Crippen molar-refractivity contribution in [2.45, 2.75) is 12.1 Å². The second-order valence-corrected chi connectivity index (χ2v) is 4.04. The lowest BCUT2D eigenvalue weighted by atomic mass is 10.2. The van der Waals surface area contributed by atoms with Gasteiger partial charge < -0.3 is 4.74 Å². The number of azide groups is 1. The summed E-state index contributed by atoms with van der Waals surface area (Å²) in [5.74, 6) is 0. The van der Waals surface area contributed by atoms with Gasteiger partial charge in [-0.25, -0.2) is 0 Å². The average Bonchev–Trinajstić information content (AvgIpc) is 2.97. The Bertz CT molecular complexity index is 386. The highest BCUT2D eigenvalue weighted by Gasteiger charge is 2.33. The fourth-order valence-corrected chi connectivity index (χ4v) is 2.21. The molecule has 0 saturated carbocycles. The molecule has 0 unspecified atom stereocenters. The molecule has 1 aromatic heterocycles. The molecule has 2 heterocycles. The SMILES string of the molecule is CO[C@H]1CN(CCN=[N+]=[N-])C[C@@H]1n1cccn1. The number of ether oxygens (including phenoxy) is 1. The van der Waals surface area contributed by atoms with E-state index in [1.165, 1.54) is 0 Å². The van der Waals surface area contributed by atoms with Crippen molar-refractivity contribution in [3.05, 3.63) is 28.9 Å². The maximum absolute atomic E-state index is 8.24. The molecule has 0 N–H and O–H groups in total. The molecule has 2 rings (SSSR count). The third kappa shape index (κ3) is 2.76. The summed E-state index contributed by atoms with van der Waals surface area (Å²) in [5.41, 5.74) is 8.24. The first kappa shape index (κ1) is 11.9. The van der Waals surface area contributed by atoms with E-state index in [0.717, 1.165) is 19.6 Å². The third-order valence-corrected chi connectivity index (χ3v) is 3.06. The number of rotatable bonds is 5. The van der Waals surface area contributed by atoms with Gasteiger partial charge in [0.1, 0.15) is 0 Å². The molecule has 2 atom stereocenters. The van der Waals surface area contributed by atoms with Crippen molar-refractivity contribution in [2.75, 3.05) is 33.3 Å². The Morgan fingerprint density at radius 3 is 3.12 bits per heavy atom. The van der Waals surface area contributed by atoms with E-state index in [9.17, 15) is 0 Å². The maximum atomic E-state index is 8.24. The van der Waals surface area contributed by atoms with Crippen LogP contribution in [-0.2, 0) is 4.74 Å². The Balaban J connectivity index is 1.96. The van der Waals surface area contributed by atoms with Gasteiger partial charge in [-0.3, -0.25) is 9.58 Å². The molecule has 0 aliphatic carbocycles. The molecule has 17 heavy (non-hydrogen) atoms. The number of hydrogen-bond acceptors (Lipinski definition) is 4. The van der Waals surface area contributed by atoms with Crippen LogP contribution < -0.4 is 0 Å². The smallest absolute Gasteiger partial charge is 0.0934 e. The highest BCUT2D eigenvalue weighted by molar-refractivity contribution is 4.92. The fourth-order valence-electron chi connectivity index (χ4n) is 2.21. The molecule has 1 aromatic rings. The van der Waals surface area contributed by atoms with Gasteiger partial charge in [0.2, 0.25) is 0 Å². The van der Waals surface area contributed by atoms with Crippen LogP contribution in [0.25, 0.3) is 10.4 Å². The van der Waals surface area contributed by atoms with Gasteiger partial charge in [-0.15, -0.1) is 0 Å². The van der Waals surface area contributed by atoms with Crippen molar-refractivity contribution in [1.29, 1.82) is 0 Å². The quantitative estimate of drug-likeness (QED) is 0.435. The van der Waals surface area contributed by atoms with Gasteiger partial charge in [0, 0.05) is 50.6 Å². The molecule has 1 aliphatic heterocycles. The van der Waals surface area contributed by atoms with Crippen molar-refractivity contribution in [2.24, 2.45) is 5.11 Å². The molecule has 92 valence electrons. The van der Waals surface area contributed by atoms with E-state index >= 15 is 0 Å². The Morgan fingerprint density at radius 2 is 2.47 bits per heavy atom. The summed E-state index contributed by atoms with van der Waals surface area (Å²) in [5, 5.41) is 7.80. The Labute approximate surface area is 99.6 Å². The highest BCUT2D eigenvalue weighted by atomic mass is 16.5. The lowest BCUT2D eigenvalue weighted by Gasteiger charge is -2.16. The number of hydrogen-bond donors (Lipinski definition) is 0. The summed E-state index contributed by atoms with van der Waals surface area (Å²) in [4.78, 5) is 4.99. The zero-order valence-corrected chi connectivity index (χ0v) is 9.81. The van der Waals surface area contributed by atoms with Crippen LogP contribution in [0.4, 0.5) is 0 Å². The molecule has 0 radical (unpaired) electrons.